The largest absolute Gasteiger partial charge is 0.491 e. The summed E-state index contributed by atoms with van der Waals surface area (Å²) in [5, 5.41) is 9.64. The molecule has 2 heterocycles. The van der Waals surface area contributed by atoms with Crippen molar-refractivity contribution in [1.82, 2.24) is 9.97 Å². The minimum Gasteiger partial charge on any atom is -0.464 e. The molecular weight excluding hydrogens is 275 g/mol. The van der Waals surface area contributed by atoms with Gasteiger partial charge in [-0.25, -0.2) is 14.8 Å². The number of esters is 1. The Morgan fingerprint density at radius 3 is 2.95 bits per heavy atom. The fourth-order valence-corrected chi connectivity index (χ4v) is 2.01. The number of methoxy groups -OCH3 is 1. The van der Waals surface area contributed by atoms with E-state index in [-0.39, 0.29) is 18.2 Å². The number of carbonyl (C=O) groups is 1. The Balaban J connectivity index is 1.83. The summed E-state index contributed by atoms with van der Waals surface area (Å²) in [7, 11) is 0.337. The normalized spacial score (nSPS) is 13.0. The molecule has 0 saturated carbocycles. The van der Waals surface area contributed by atoms with Crippen LogP contribution in [-0.4, -0.2) is 35.2 Å². The van der Waals surface area contributed by atoms with Crippen LogP contribution in [-0.2, 0) is 16.0 Å². The van der Waals surface area contributed by atoms with Gasteiger partial charge in [-0.2, -0.15) is 0 Å². The summed E-state index contributed by atoms with van der Waals surface area (Å²) in [6, 6.07) is 5.27. The van der Waals surface area contributed by atoms with E-state index in [9.17, 15) is 9.82 Å². The van der Waals surface area contributed by atoms with E-state index in [1.54, 1.807) is 18.2 Å². The van der Waals surface area contributed by atoms with Crippen LogP contribution in [0.1, 0.15) is 16.1 Å². The van der Waals surface area contributed by atoms with E-state index in [4.69, 9.17) is 9.39 Å². The van der Waals surface area contributed by atoms with Crippen LogP contribution in [0.2, 0.25) is 0 Å². The Kier molecular flexibility index (Phi) is 3.55. The number of ether oxygens (including phenoxy) is 2. The number of rotatable bonds is 3. The summed E-state index contributed by atoms with van der Waals surface area (Å²) < 4.78 is 15.3. The molecule has 7 nitrogen and oxygen atoms in total. The van der Waals surface area contributed by atoms with E-state index in [0.717, 1.165) is 5.56 Å². The summed E-state index contributed by atoms with van der Waals surface area (Å²) in [6.07, 6.45) is 2.60. The molecule has 1 aromatic heterocycles. The predicted molar refractivity (Wildman–Crippen MR) is 72.3 cm³/mol. The molecule has 0 radical (unpaired) electrons. The third-order valence-electron chi connectivity index (χ3n) is 3.06. The first kappa shape index (κ1) is 13.5. The number of hydrogen-bond donors (Lipinski definition) is 1. The minimum atomic E-state index is -0.934. The molecule has 106 valence electrons. The highest BCUT2D eigenvalue weighted by molar-refractivity contribution is 6.61. The van der Waals surface area contributed by atoms with Crippen LogP contribution in [0.4, 0.5) is 0 Å². The van der Waals surface area contributed by atoms with Gasteiger partial charge in [0.15, 0.2) is 5.69 Å². The van der Waals surface area contributed by atoms with Crippen LogP contribution in [0, 0.1) is 0 Å². The highest BCUT2D eigenvalue weighted by Crippen LogP contribution is 2.26. The van der Waals surface area contributed by atoms with Gasteiger partial charge >= 0.3 is 13.1 Å². The third kappa shape index (κ3) is 2.58. The van der Waals surface area contributed by atoms with Crippen LogP contribution >= 0.6 is 0 Å². The second kappa shape index (κ2) is 5.51. The van der Waals surface area contributed by atoms with E-state index >= 15 is 0 Å². The van der Waals surface area contributed by atoms with Crippen molar-refractivity contribution in [3.05, 3.63) is 41.9 Å². The van der Waals surface area contributed by atoms with Gasteiger partial charge in [0.25, 0.3) is 0 Å². The molecule has 2 aromatic rings. The Labute approximate surface area is 120 Å². The van der Waals surface area contributed by atoms with E-state index in [1.807, 2.05) is 0 Å². The van der Waals surface area contributed by atoms with Gasteiger partial charge in [-0.3, -0.25) is 0 Å². The number of carbonyl (C=O) groups excluding carboxylic acids is 1. The molecule has 0 fully saturated rings. The smallest absolute Gasteiger partial charge is 0.464 e. The van der Waals surface area contributed by atoms with Crippen molar-refractivity contribution < 1.29 is 23.9 Å². The van der Waals surface area contributed by atoms with Crippen molar-refractivity contribution in [3.63, 3.8) is 0 Å². The summed E-state index contributed by atoms with van der Waals surface area (Å²) in [4.78, 5) is 19.2. The molecule has 1 N–H and O–H groups in total. The maximum atomic E-state index is 11.3. The van der Waals surface area contributed by atoms with E-state index in [1.165, 1.54) is 19.5 Å². The molecule has 0 amide bonds. The molecule has 0 aliphatic carbocycles. The zero-order valence-electron chi connectivity index (χ0n) is 11.1. The first-order valence-corrected chi connectivity index (χ1v) is 6.18. The van der Waals surface area contributed by atoms with Gasteiger partial charge in [-0.05, 0) is 11.5 Å². The first-order chi connectivity index (χ1) is 10.2. The maximum Gasteiger partial charge on any atom is 0.491 e. The lowest BCUT2D eigenvalue weighted by Gasteiger charge is -2.08. The number of hydrogen-bond acceptors (Lipinski definition) is 7. The van der Waals surface area contributed by atoms with Crippen molar-refractivity contribution in [2.45, 2.75) is 6.61 Å². The predicted octanol–water partition coefficient (Wildman–Crippen LogP) is 0.273. The van der Waals surface area contributed by atoms with Crippen LogP contribution < -0.4 is 10.2 Å². The van der Waals surface area contributed by atoms with Crippen LogP contribution in [0.3, 0.4) is 0 Å². The quantitative estimate of drug-likeness (QED) is 0.639. The monoisotopic (exact) mass is 286 g/mol. The second-order valence-electron chi connectivity index (χ2n) is 4.32. The Morgan fingerprint density at radius 1 is 1.38 bits per heavy atom. The van der Waals surface area contributed by atoms with Crippen LogP contribution in [0.5, 0.6) is 11.6 Å². The fraction of sp³-hybridized carbons (Fsp3) is 0.154. The van der Waals surface area contributed by atoms with Crippen molar-refractivity contribution in [1.29, 1.82) is 0 Å². The number of nitrogens with zero attached hydrogens (tertiary/aromatic N) is 2. The standard InChI is InChI=1S/C13H11BN2O5/c1-19-13(17)10-5-16-12(6-15-10)21-11-4-2-3-9-8(11)7-20-14(9)18/h2-6,18H,7H2,1H3. The molecule has 0 bridgehead atoms. The zero-order chi connectivity index (χ0) is 14.8. The van der Waals surface area contributed by atoms with Gasteiger partial charge in [0.2, 0.25) is 5.88 Å². The Morgan fingerprint density at radius 2 is 2.24 bits per heavy atom. The van der Waals surface area contributed by atoms with E-state index < -0.39 is 13.1 Å². The molecule has 0 saturated heterocycles. The molecule has 21 heavy (non-hydrogen) atoms. The lowest BCUT2D eigenvalue weighted by molar-refractivity contribution is 0.0593. The number of aromatic nitrogens is 2. The summed E-state index contributed by atoms with van der Waals surface area (Å²) in [6.45, 7) is 0.264. The average molecular weight is 286 g/mol. The highest BCUT2D eigenvalue weighted by atomic mass is 16.5. The van der Waals surface area contributed by atoms with Gasteiger partial charge in [0, 0.05) is 5.56 Å². The van der Waals surface area contributed by atoms with Crippen LogP contribution in [0.25, 0.3) is 0 Å². The SMILES string of the molecule is COC(=O)c1cnc(Oc2cccc3c2COB3O)cn1. The number of fused-ring (bicyclic) bond motifs is 1. The van der Waals surface area contributed by atoms with Gasteiger partial charge in [0.1, 0.15) is 5.75 Å². The summed E-state index contributed by atoms with van der Waals surface area (Å²) in [5.41, 5.74) is 1.54. The van der Waals surface area contributed by atoms with Crippen molar-refractivity contribution >= 4 is 18.6 Å². The molecule has 1 aromatic carbocycles. The molecule has 0 spiro atoms. The molecular formula is C13H11BN2O5. The Bertz CT molecular complexity index is 677. The lowest BCUT2D eigenvalue weighted by atomic mass is 9.79. The van der Waals surface area contributed by atoms with Gasteiger partial charge < -0.3 is 19.2 Å². The minimum absolute atomic E-state index is 0.0990. The highest BCUT2D eigenvalue weighted by Gasteiger charge is 2.29. The third-order valence-corrected chi connectivity index (χ3v) is 3.06. The molecule has 1 aliphatic heterocycles. The number of benzene rings is 1. The van der Waals surface area contributed by atoms with Crippen molar-refractivity contribution in [2.75, 3.05) is 7.11 Å². The molecule has 0 unspecified atom stereocenters. The topological polar surface area (TPSA) is 90.8 Å². The zero-order valence-corrected chi connectivity index (χ0v) is 11.1. The van der Waals surface area contributed by atoms with E-state index in [2.05, 4.69) is 14.7 Å². The van der Waals surface area contributed by atoms with Gasteiger partial charge in [-0.15, -0.1) is 0 Å². The van der Waals surface area contributed by atoms with Gasteiger partial charge in [0.05, 0.1) is 26.1 Å². The van der Waals surface area contributed by atoms with Crippen LogP contribution in [0.15, 0.2) is 30.6 Å². The summed E-state index contributed by atoms with van der Waals surface area (Å²) in [5.74, 6) is 0.202. The fourth-order valence-electron chi connectivity index (χ4n) is 2.01. The molecule has 1 aliphatic rings. The average Bonchev–Trinajstić information content (AvgIpc) is 2.90. The maximum absolute atomic E-state index is 11.3. The summed E-state index contributed by atoms with van der Waals surface area (Å²) >= 11 is 0. The van der Waals surface area contributed by atoms with Crippen molar-refractivity contribution in [2.24, 2.45) is 0 Å². The molecule has 0 atom stereocenters. The second-order valence-corrected chi connectivity index (χ2v) is 4.32. The van der Waals surface area contributed by atoms with E-state index in [0.29, 0.717) is 11.2 Å². The first-order valence-electron chi connectivity index (χ1n) is 6.18. The Hall–Kier alpha value is -2.45. The van der Waals surface area contributed by atoms with Gasteiger partial charge in [-0.1, -0.05) is 12.1 Å². The lowest BCUT2D eigenvalue weighted by Crippen LogP contribution is -2.27. The molecule has 8 heteroatoms. The molecule has 3 rings (SSSR count). The van der Waals surface area contributed by atoms with Crippen molar-refractivity contribution in [3.8, 4) is 11.6 Å².